The van der Waals surface area contributed by atoms with Crippen LogP contribution in [0.1, 0.15) is 11.1 Å². The number of hydrogen-bond donors (Lipinski definition) is 1. The maximum atomic E-state index is 14.1. The van der Waals surface area contributed by atoms with Gasteiger partial charge in [-0.15, -0.1) is 16.8 Å². The van der Waals surface area contributed by atoms with Crippen molar-refractivity contribution in [2.24, 2.45) is 0 Å². The summed E-state index contributed by atoms with van der Waals surface area (Å²) in [5, 5.41) is 11.4. The molecule has 1 heterocycles. The summed E-state index contributed by atoms with van der Waals surface area (Å²) in [4.78, 5) is 12.2. The second-order valence-electron chi connectivity index (χ2n) is 6.33. The zero-order valence-corrected chi connectivity index (χ0v) is 16.7. The Bertz CT molecular complexity index is 1040. The van der Waals surface area contributed by atoms with E-state index < -0.39 is 5.82 Å². The molecule has 1 N–H and O–H groups in total. The molecule has 29 heavy (non-hydrogen) atoms. The molecule has 3 rings (SSSR count). The molecule has 0 bridgehead atoms. The van der Waals surface area contributed by atoms with Crippen molar-refractivity contribution in [2.45, 2.75) is 25.2 Å². The predicted octanol–water partition coefficient (Wildman–Crippen LogP) is 4.13. The number of aromatic nitrogens is 3. The Hall–Kier alpha value is -3.00. The fraction of sp³-hybridized carbons (Fsp3) is 0.190. The number of amides is 1. The minimum Gasteiger partial charge on any atom is -0.351 e. The van der Waals surface area contributed by atoms with Crippen LogP contribution in [-0.4, -0.2) is 26.4 Å². The minimum absolute atomic E-state index is 0.0981. The van der Waals surface area contributed by atoms with Gasteiger partial charge >= 0.3 is 0 Å². The van der Waals surface area contributed by atoms with E-state index in [9.17, 15) is 13.6 Å². The summed E-state index contributed by atoms with van der Waals surface area (Å²) in [5.74, 6) is -0.451. The van der Waals surface area contributed by atoms with Crippen molar-refractivity contribution < 1.29 is 13.6 Å². The Morgan fingerprint density at radius 3 is 2.72 bits per heavy atom. The van der Waals surface area contributed by atoms with Crippen LogP contribution in [0, 0.1) is 18.6 Å². The number of hydrogen-bond acceptors (Lipinski definition) is 4. The molecule has 1 amide bonds. The summed E-state index contributed by atoms with van der Waals surface area (Å²) in [5.41, 5.74) is 1.57. The fourth-order valence-electron chi connectivity index (χ4n) is 2.66. The van der Waals surface area contributed by atoms with Crippen LogP contribution < -0.4 is 5.32 Å². The Morgan fingerprint density at radius 1 is 1.21 bits per heavy atom. The van der Waals surface area contributed by atoms with Gasteiger partial charge in [0.2, 0.25) is 5.91 Å². The van der Waals surface area contributed by atoms with Crippen LogP contribution in [0.2, 0.25) is 0 Å². The number of aryl methyl sites for hydroxylation is 1. The zero-order valence-electron chi connectivity index (χ0n) is 15.9. The zero-order chi connectivity index (χ0) is 20.8. The van der Waals surface area contributed by atoms with Crippen molar-refractivity contribution in [3.8, 4) is 11.4 Å². The van der Waals surface area contributed by atoms with Crippen molar-refractivity contribution in [2.75, 3.05) is 5.75 Å². The number of thioether (sulfide) groups is 1. The molecule has 0 aliphatic rings. The molecule has 0 unspecified atom stereocenters. The van der Waals surface area contributed by atoms with Crippen LogP contribution in [-0.2, 0) is 17.9 Å². The topological polar surface area (TPSA) is 59.8 Å². The van der Waals surface area contributed by atoms with Crippen molar-refractivity contribution in [3.63, 3.8) is 0 Å². The van der Waals surface area contributed by atoms with Crippen molar-refractivity contribution >= 4 is 17.7 Å². The maximum Gasteiger partial charge on any atom is 0.230 e. The highest BCUT2D eigenvalue weighted by Crippen LogP contribution is 2.25. The number of nitrogens with zero attached hydrogens (tertiary/aromatic N) is 3. The first-order valence-electron chi connectivity index (χ1n) is 8.93. The van der Waals surface area contributed by atoms with E-state index in [0.717, 1.165) is 0 Å². The van der Waals surface area contributed by atoms with Gasteiger partial charge in [0.05, 0.1) is 11.3 Å². The largest absolute Gasteiger partial charge is 0.351 e. The molecule has 0 radical (unpaired) electrons. The Labute approximate surface area is 171 Å². The highest BCUT2D eigenvalue weighted by Gasteiger charge is 2.17. The number of halogens is 2. The Balaban J connectivity index is 1.65. The van der Waals surface area contributed by atoms with Crippen LogP contribution in [0.3, 0.4) is 0 Å². The van der Waals surface area contributed by atoms with Crippen LogP contribution in [0.4, 0.5) is 8.78 Å². The van der Waals surface area contributed by atoms with Gasteiger partial charge in [-0.3, -0.25) is 9.36 Å². The summed E-state index contributed by atoms with van der Waals surface area (Å²) < 4.78 is 29.4. The molecule has 1 aromatic heterocycles. The number of benzene rings is 2. The van der Waals surface area contributed by atoms with E-state index in [0.29, 0.717) is 34.2 Å². The number of nitrogens with one attached hydrogen (secondary N) is 1. The summed E-state index contributed by atoms with van der Waals surface area (Å²) in [6.07, 6.45) is 1.66. The molecule has 0 atom stereocenters. The second kappa shape index (κ2) is 9.47. The molecule has 5 nitrogen and oxygen atoms in total. The molecule has 0 saturated carbocycles. The van der Waals surface area contributed by atoms with Gasteiger partial charge in [-0.05, 0) is 36.2 Å². The molecule has 0 saturated heterocycles. The highest BCUT2D eigenvalue weighted by molar-refractivity contribution is 7.99. The lowest BCUT2D eigenvalue weighted by Crippen LogP contribution is -2.24. The first-order chi connectivity index (χ1) is 14.0. The van der Waals surface area contributed by atoms with E-state index in [4.69, 9.17) is 0 Å². The van der Waals surface area contributed by atoms with Gasteiger partial charge in [0.25, 0.3) is 0 Å². The van der Waals surface area contributed by atoms with Crippen LogP contribution in [0.25, 0.3) is 11.4 Å². The summed E-state index contributed by atoms with van der Waals surface area (Å²) >= 11 is 1.19. The Morgan fingerprint density at radius 2 is 2.00 bits per heavy atom. The third-order valence-electron chi connectivity index (χ3n) is 4.20. The molecule has 2 aromatic carbocycles. The fourth-order valence-corrected chi connectivity index (χ4v) is 3.44. The summed E-state index contributed by atoms with van der Waals surface area (Å²) in [6, 6.07) is 11.2. The summed E-state index contributed by atoms with van der Waals surface area (Å²) in [7, 11) is 0. The quantitative estimate of drug-likeness (QED) is 0.445. The Kier molecular flexibility index (Phi) is 6.77. The van der Waals surface area contributed by atoms with Crippen molar-refractivity contribution in [1.29, 1.82) is 0 Å². The lowest BCUT2D eigenvalue weighted by Gasteiger charge is -2.09. The average Bonchev–Trinajstić information content (AvgIpc) is 3.10. The number of rotatable bonds is 8. The molecule has 150 valence electrons. The first-order valence-corrected chi connectivity index (χ1v) is 9.91. The molecular formula is C21H20F2N4OS. The third-order valence-corrected chi connectivity index (χ3v) is 5.17. The molecule has 0 fully saturated rings. The van der Waals surface area contributed by atoms with Crippen LogP contribution in [0.15, 0.2) is 60.3 Å². The monoisotopic (exact) mass is 414 g/mol. The van der Waals surface area contributed by atoms with Gasteiger partial charge in [-0.2, -0.15) is 0 Å². The van der Waals surface area contributed by atoms with E-state index in [1.165, 1.54) is 23.9 Å². The van der Waals surface area contributed by atoms with Gasteiger partial charge in [0, 0.05) is 13.1 Å². The standard InChI is InChI=1S/C21H20F2N4OS/c1-3-10-27-20(16-6-4-5-7-17(16)22)25-26-21(27)29-13-19(28)24-12-15-9-8-14(2)18(23)11-15/h3-9,11H,1,10,12-13H2,2H3,(H,24,28). The minimum atomic E-state index is -0.398. The average molecular weight is 414 g/mol. The van der Waals surface area contributed by atoms with E-state index in [1.807, 2.05) is 0 Å². The van der Waals surface area contributed by atoms with Gasteiger partial charge in [0.1, 0.15) is 11.6 Å². The highest BCUT2D eigenvalue weighted by atomic mass is 32.2. The van der Waals surface area contributed by atoms with Crippen LogP contribution >= 0.6 is 11.8 Å². The van der Waals surface area contributed by atoms with Crippen molar-refractivity contribution in [3.05, 3.63) is 77.9 Å². The van der Waals surface area contributed by atoms with E-state index in [2.05, 4.69) is 22.1 Å². The molecule has 0 aliphatic carbocycles. The SMILES string of the molecule is C=CCn1c(SCC(=O)NCc2ccc(C)c(F)c2)nnc1-c1ccccc1F. The molecule has 0 spiro atoms. The first kappa shape index (κ1) is 20.7. The normalized spacial score (nSPS) is 10.7. The van der Waals surface area contributed by atoms with Gasteiger partial charge in [0.15, 0.2) is 11.0 Å². The van der Waals surface area contributed by atoms with Gasteiger partial charge in [-0.25, -0.2) is 8.78 Å². The van der Waals surface area contributed by atoms with E-state index in [1.54, 1.807) is 47.9 Å². The van der Waals surface area contributed by atoms with E-state index >= 15 is 0 Å². The third kappa shape index (κ3) is 5.08. The number of allylic oxidation sites excluding steroid dienone is 1. The predicted molar refractivity (Wildman–Crippen MR) is 109 cm³/mol. The molecule has 0 aliphatic heterocycles. The number of carbonyl (C=O) groups is 1. The van der Waals surface area contributed by atoms with Gasteiger partial charge in [-0.1, -0.05) is 42.1 Å². The summed E-state index contributed by atoms with van der Waals surface area (Å²) in [6.45, 7) is 6.01. The molecule has 8 heteroatoms. The lowest BCUT2D eigenvalue weighted by molar-refractivity contribution is -0.118. The smallest absolute Gasteiger partial charge is 0.230 e. The van der Waals surface area contributed by atoms with Gasteiger partial charge < -0.3 is 5.32 Å². The van der Waals surface area contributed by atoms with Crippen molar-refractivity contribution in [1.82, 2.24) is 20.1 Å². The molecule has 3 aromatic rings. The second-order valence-corrected chi connectivity index (χ2v) is 7.28. The van der Waals surface area contributed by atoms with E-state index in [-0.39, 0.29) is 24.0 Å². The lowest BCUT2D eigenvalue weighted by atomic mass is 10.1. The van der Waals surface area contributed by atoms with Crippen LogP contribution in [0.5, 0.6) is 0 Å². The molecular weight excluding hydrogens is 394 g/mol. The maximum absolute atomic E-state index is 14.1. The number of carbonyl (C=O) groups excluding carboxylic acids is 1.